The second-order valence-electron chi connectivity index (χ2n) is 7.78. The van der Waals surface area contributed by atoms with E-state index in [1.807, 2.05) is 0 Å². The van der Waals surface area contributed by atoms with Gasteiger partial charge in [-0.25, -0.2) is 0 Å². The van der Waals surface area contributed by atoms with Crippen molar-refractivity contribution >= 4 is 43.1 Å². The molecule has 152 valence electrons. The Morgan fingerprint density at radius 1 is 1.30 bits per heavy atom. The zero-order valence-corrected chi connectivity index (χ0v) is 18.5. The fourth-order valence-corrected chi connectivity index (χ4v) is 3.15. The molecule has 1 aromatic rings. The summed E-state index contributed by atoms with van der Waals surface area (Å²) in [5, 5.41) is 24.0. The molecule has 0 aliphatic carbocycles. The molecule has 0 saturated carbocycles. The molecule has 0 bridgehead atoms. The minimum Gasteiger partial charge on any atom is -0.415 e. The van der Waals surface area contributed by atoms with E-state index in [2.05, 4.69) is 39.2 Å². The monoisotopic (exact) mass is 436 g/mol. The average Bonchev–Trinajstić information content (AvgIpc) is 2.56. The Labute approximate surface area is 170 Å². The third-order valence-electron chi connectivity index (χ3n) is 4.78. The van der Waals surface area contributed by atoms with Crippen LogP contribution in [0, 0.1) is 10.1 Å². The highest BCUT2D eigenvalue weighted by Gasteiger charge is 2.38. The van der Waals surface area contributed by atoms with Gasteiger partial charge in [-0.1, -0.05) is 44.0 Å². The molecule has 1 aromatic carbocycles. The van der Waals surface area contributed by atoms with E-state index >= 15 is 0 Å². The summed E-state index contributed by atoms with van der Waals surface area (Å²) >= 11 is 11.2. The second-order valence-corrected chi connectivity index (χ2v) is 13.7. The van der Waals surface area contributed by atoms with Gasteiger partial charge in [0.2, 0.25) is 0 Å². The summed E-state index contributed by atoms with van der Waals surface area (Å²) in [5.41, 5.74) is 0.316. The molecule has 0 fully saturated rings. The Morgan fingerprint density at radius 3 is 2.22 bits per heavy atom. The molecule has 0 aliphatic heterocycles. The lowest BCUT2D eigenvalue weighted by atomic mass is 10.0. The first-order chi connectivity index (χ1) is 12.3. The highest BCUT2D eigenvalue weighted by atomic mass is 35.5. The molecule has 0 saturated heterocycles. The number of benzene rings is 1. The molecule has 0 aliphatic rings. The fraction of sp³-hybridized carbons (Fsp3) is 0.588. The number of carbonyl (C=O) groups is 1. The minimum absolute atomic E-state index is 0.0542. The number of nitro benzene ring substituents is 1. The predicted molar refractivity (Wildman–Crippen MR) is 109 cm³/mol. The number of nitrogens with one attached hydrogen (secondary N) is 1. The molecule has 7 nitrogen and oxygen atoms in total. The van der Waals surface area contributed by atoms with Crippen molar-refractivity contribution in [3.05, 3.63) is 39.9 Å². The van der Waals surface area contributed by atoms with Gasteiger partial charge in [-0.3, -0.25) is 14.9 Å². The predicted octanol–water partition coefficient (Wildman–Crippen LogP) is 3.94. The molecular weight excluding hydrogens is 411 g/mol. The molecule has 0 unspecified atom stereocenters. The Bertz CT molecular complexity index is 662. The van der Waals surface area contributed by atoms with Crippen LogP contribution in [0.2, 0.25) is 18.1 Å². The normalized spacial score (nSPS) is 14.7. The van der Waals surface area contributed by atoms with Crippen LogP contribution in [0.1, 0.15) is 32.4 Å². The van der Waals surface area contributed by atoms with Gasteiger partial charge < -0.3 is 14.8 Å². The third kappa shape index (κ3) is 6.72. The number of nitrogens with zero attached hydrogens (tertiary/aromatic N) is 1. The SMILES string of the molecule is CC(C)(C)[Si](C)(C)OC[C@@H](NC(=O)C(Cl)Cl)[C@H](O)c1ccc([N+](=O)[O-])cc1. The van der Waals surface area contributed by atoms with Gasteiger partial charge in [-0.2, -0.15) is 0 Å². The molecule has 2 N–H and O–H groups in total. The molecule has 0 radical (unpaired) electrons. The fourth-order valence-electron chi connectivity index (χ4n) is 2.00. The van der Waals surface area contributed by atoms with E-state index in [9.17, 15) is 20.0 Å². The number of rotatable bonds is 8. The van der Waals surface area contributed by atoms with E-state index in [0.717, 1.165) is 0 Å². The largest absolute Gasteiger partial charge is 0.415 e. The van der Waals surface area contributed by atoms with Crippen molar-refractivity contribution in [1.29, 1.82) is 0 Å². The van der Waals surface area contributed by atoms with Gasteiger partial charge in [0.25, 0.3) is 11.6 Å². The molecular formula is C17H26Cl2N2O5Si. The quantitative estimate of drug-likeness (QED) is 0.278. The van der Waals surface area contributed by atoms with Crippen LogP contribution < -0.4 is 5.32 Å². The zero-order chi connectivity index (χ0) is 21.0. The molecule has 0 aromatic heterocycles. The highest BCUT2D eigenvalue weighted by Crippen LogP contribution is 2.37. The van der Waals surface area contributed by atoms with Crippen molar-refractivity contribution in [3.63, 3.8) is 0 Å². The van der Waals surface area contributed by atoms with Gasteiger partial charge >= 0.3 is 0 Å². The van der Waals surface area contributed by atoms with Crippen molar-refractivity contribution in [2.75, 3.05) is 6.61 Å². The first-order valence-corrected chi connectivity index (χ1v) is 12.2. The van der Waals surface area contributed by atoms with Crippen molar-refractivity contribution < 1.29 is 19.3 Å². The maximum Gasteiger partial charge on any atom is 0.269 e. The van der Waals surface area contributed by atoms with Crippen LogP contribution in [0.25, 0.3) is 0 Å². The number of aliphatic hydroxyl groups is 1. The van der Waals surface area contributed by atoms with E-state index < -0.39 is 36.1 Å². The number of alkyl halides is 2. The molecule has 1 amide bonds. The highest BCUT2D eigenvalue weighted by molar-refractivity contribution is 6.74. The van der Waals surface area contributed by atoms with Crippen LogP contribution in [0.3, 0.4) is 0 Å². The molecule has 27 heavy (non-hydrogen) atoms. The average molecular weight is 437 g/mol. The summed E-state index contributed by atoms with van der Waals surface area (Å²) in [4.78, 5) is 20.9. The van der Waals surface area contributed by atoms with Crippen molar-refractivity contribution in [3.8, 4) is 0 Å². The Kier molecular flexibility index (Phi) is 8.25. The summed E-state index contributed by atoms with van der Waals surface area (Å²) < 4.78 is 6.11. The van der Waals surface area contributed by atoms with Gasteiger partial charge in [-0.15, -0.1) is 0 Å². The van der Waals surface area contributed by atoms with Gasteiger partial charge in [0.05, 0.1) is 17.6 Å². The number of aliphatic hydroxyl groups excluding tert-OH is 1. The Hall–Kier alpha value is -1.19. The maximum atomic E-state index is 11.9. The number of hydrogen-bond donors (Lipinski definition) is 2. The van der Waals surface area contributed by atoms with E-state index in [1.165, 1.54) is 24.3 Å². The van der Waals surface area contributed by atoms with Crippen LogP contribution in [0.5, 0.6) is 0 Å². The Balaban J connectivity index is 3.02. The van der Waals surface area contributed by atoms with Gasteiger partial charge in [-0.05, 0) is 35.8 Å². The van der Waals surface area contributed by atoms with Crippen LogP contribution in [0.15, 0.2) is 24.3 Å². The van der Waals surface area contributed by atoms with E-state index in [1.54, 1.807) is 0 Å². The number of nitro groups is 1. The lowest BCUT2D eigenvalue weighted by Crippen LogP contribution is -2.49. The van der Waals surface area contributed by atoms with Crippen LogP contribution >= 0.6 is 23.2 Å². The van der Waals surface area contributed by atoms with Gasteiger partial charge in [0, 0.05) is 12.1 Å². The van der Waals surface area contributed by atoms with Crippen molar-refractivity contribution in [2.45, 2.75) is 55.9 Å². The van der Waals surface area contributed by atoms with Crippen molar-refractivity contribution in [1.82, 2.24) is 5.32 Å². The first-order valence-electron chi connectivity index (χ1n) is 8.41. The second kappa shape index (κ2) is 9.34. The summed E-state index contributed by atoms with van der Waals surface area (Å²) in [7, 11) is -2.13. The summed E-state index contributed by atoms with van der Waals surface area (Å²) in [6.45, 7) is 10.4. The number of non-ortho nitro benzene ring substituents is 1. The Morgan fingerprint density at radius 2 is 1.81 bits per heavy atom. The zero-order valence-electron chi connectivity index (χ0n) is 16.0. The van der Waals surface area contributed by atoms with Crippen LogP contribution in [-0.4, -0.2) is 41.7 Å². The van der Waals surface area contributed by atoms with Gasteiger partial charge in [0.15, 0.2) is 13.2 Å². The maximum absolute atomic E-state index is 11.9. The smallest absolute Gasteiger partial charge is 0.269 e. The van der Waals surface area contributed by atoms with E-state index in [-0.39, 0.29) is 17.3 Å². The van der Waals surface area contributed by atoms with Crippen LogP contribution in [-0.2, 0) is 9.22 Å². The third-order valence-corrected chi connectivity index (χ3v) is 9.68. The van der Waals surface area contributed by atoms with E-state index in [4.69, 9.17) is 27.6 Å². The number of halogens is 2. The number of carbonyl (C=O) groups excluding carboxylic acids is 1. The number of amides is 1. The summed E-state index contributed by atoms with van der Waals surface area (Å²) in [6, 6.07) is 4.64. The van der Waals surface area contributed by atoms with Gasteiger partial charge in [0.1, 0.15) is 6.10 Å². The summed E-state index contributed by atoms with van der Waals surface area (Å²) in [5.74, 6) is -0.650. The minimum atomic E-state index is -2.13. The molecule has 2 atom stereocenters. The number of hydrogen-bond acceptors (Lipinski definition) is 5. The molecule has 10 heteroatoms. The molecule has 1 rings (SSSR count). The lowest BCUT2D eigenvalue weighted by molar-refractivity contribution is -0.384. The van der Waals surface area contributed by atoms with E-state index in [0.29, 0.717) is 5.56 Å². The molecule has 0 heterocycles. The van der Waals surface area contributed by atoms with Crippen molar-refractivity contribution in [2.24, 2.45) is 0 Å². The summed E-state index contributed by atoms with van der Waals surface area (Å²) in [6.07, 6.45) is -1.15. The lowest BCUT2D eigenvalue weighted by Gasteiger charge is -2.38. The standard InChI is InChI=1S/C17H26Cl2N2O5Si/c1-17(2,3)27(4,5)26-10-13(20-16(23)15(18)19)14(22)11-6-8-12(9-7-11)21(24)25/h6-9,13-15,22H,10H2,1-5H3,(H,20,23)/t13-,14-/m1/s1. The topological polar surface area (TPSA) is 102 Å². The van der Waals surface area contributed by atoms with Crippen LogP contribution in [0.4, 0.5) is 5.69 Å². The first kappa shape index (κ1) is 23.8. The molecule has 0 spiro atoms.